The first-order valence-electron chi connectivity index (χ1n) is 10.8. The van der Waals surface area contributed by atoms with Crippen molar-refractivity contribution in [2.45, 2.75) is 86.1 Å². The fourth-order valence-corrected chi connectivity index (χ4v) is 3.58. The number of nitrogens with zero attached hydrogens (tertiary/aromatic N) is 2. The number of hydrogen-bond donors (Lipinski definition) is 0. The Morgan fingerprint density at radius 1 is 0.548 bits per heavy atom. The van der Waals surface area contributed by atoms with Gasteiger partial charge in [0.05, 0.1) is 0 Å². The zero-order valence-corrected chi connectivity index (χ0v) is 21.2. The zero-order chi connectivity index (χ0) is 21.9. The summed E-state index contributed by atoms with van der Waals surface area (Å²) >= 11 is 9.62. The molecule has 0 aromatic heterocycles. The normalized spacial score (nSPS) is 15.4. The Balaban J connectivity index is 0.000000384. The van der Waals surface area contributed by atoms with Crippen LogP contribution in [0.5, 0.6) is 0 Å². The summed E-state index contributed by atoms with van der Waals surface area (Å²) in [5.74, 6) is 0. The van der Waals surface area contributed by atoms with Gasteiger partial charge in [-0.1, -0.05) is 73.5 Å². The second kappa shape index (κ2) is 20.4. The minimum atomic E-state index is 0. The third-order valence-electron chi connectivity index (χ3n) is 5.00. The van der Waals surface area contributed by atoms with E-state index in [1.807, 2.05) is 60.7 Å². The summed E-state index contributed by atoms with van der Waals surface area (Å²) in [6, 6.07) is 20.0. The molecule has 2 aromatic rings. The average molecular weight is 543 g/mol. The molecule has 0 saturated heterocycles. The Kier molecular flexibility index (Phi) is 19.5. The maximum absolute atomic E-state index is 6.72. The van der Waals surface area contributed by atoms with E-state index in [9.17, 15) is 0 Å². The fourth-order valence-electron chi connectivity index (χ4n) is 3.26. The van der Waals surface area contributed by atoms with Crippen LogP contribution in [-0.2, 0) is 45.7 Å². The van der Waals surface area contributed by atoms with Gasteiger partial charge in [0.2, 0.25) is 12.1 Å². The van der Waals surface area contributed by atoms with Gasteiger partial charge in [0.25, 0.3) is 0 Å². The van der Waals surface area contributed by atoms with E-state index < -0.39 is 0 Å². The van der Waals surface area contributed by atoms with Gasteiger partial charge in [-0.25, -0.2) is 13.1 Å². The molecule has 0 N–H and O–H groups in total. The second-order valence-electron chi connectivity index (χ2n) is 7.47. The molecular formula is C26H32N2PdS2-2. The first-order valence-corrected chi connectivity index (χ1v) is 11.6. The van der Waals surface area contributed by atoms with Crippen molar-refractivity contribution in [3.05, 3.63) is 83.5 Å². The molecule has 0 atom stereocenters. The summed E-state index contributed by atoms with van der Waals surface area (Å²) in [6.45, 7) is 13.4. The maximum Gasteiger partial charge on any atom is 0.223 e. The molecule has 5 heteroatoms. The van der Waals surface area contributed by atoms with Gasteiger partial charge in [0, 0.05) is 46.1 Å². The molecule has 0 aliphatic heterocycles. The smallest absolute Gasteiger partial charge is 0.223 e. The van der Waals surface area contributed by atoms with Crippen molar-refractivity contribution >= 4 is 25.3 Å². The van der Waals surface area contributed by atoms with E-state index in [-0.39, 0.29) is 20.4 Å². The van der Waals surface area contributed by atoms with Crippen LogP contribution < -0.4 is 0 Å². The van der Waals surface area contributed by atoms with Crippen molar-refractivity contribution in [1.82, 2.24) is 0 Å². The first-order chi connectivity index (χ1) is 14.7. The molecule has 170 valence electrons. The molecule has 0 spiro atoms. The summed E-state index contributed by atoms with van der Waals surface area (Å²) in [7, 11) is 0. The molecule has 0 bridgehead atoms. The molecule has 2 aliphatic carbocycles. The van der Waals surface area contributed by atoms with Crippen molar-refractivity contribution in [2.24, 2.45) is 0 Å². The van der Waals surface area contributed by atoms with E-state index >= 15 is 0 Å². The molecule has 2 nitrogen and oxygen atoms in total. The minimum absolute atomic E-state index is 0. The van der Waals surface area contributed by atoms with E-state index in [0.717, 1.165) is 35.5 Å². The molecule has 0 radical (unpaired) electrons. The summed E-state index contributed by atoms with van der Waals surface area (Å²) in [4.78, 5) is 8.81. The first kappa shape index (κ1) is 29.5. The maximum atomic E-state index is 6.72. The van der Waals surface area contributed by atoms with Crippen LogP contribution in [0.2, 0.25) is 0 Å². The predicted octanol–water partition coefficient (Wildman–Crippen LogP) is 7.66. The second-order valence-corrected chi connectivity index (χ2v) is 8.41. The van der Waals surface area contributed by atoms with E-state index in [1.165, 1.54) is 38.5 Å². The summed E-state index contributed by atoms with van der Waals surface area (Å²) in [6.07, 6.45) is 12.5. The van der Waals surface area contributed by atoms with Crippen LogP contribution in [0, 0.1) is 13.1 Å². The predicted molar refractivity (Wildman–Crippen MR) is 131 cm³/mol. The van der Waals surface area contributed by atoms with Gasteiger partial charge in [0.15, 0.2) is 0 Å². The van der Waals surface area contributed by atoms with Gasteiger partial charge >= 0.3 is 0 Å². The fraction of sp³-hybridized carbons (Fsp3) is 0.462. The van der Waals surface area contributed by atoms with Crippen LogP contribution >= 0.6 is 0 Å². The van der Waals surface area contributed by atoms with Crippen LogP contribution in [0.4, 0.5) is 0 Å². The Labute approximate surface area is 214 Å². The standard InChI is InChI=1S/2C7H11N.2C6H6S.Pd/c2*1-8-7-5-3-2-4-6-7;2*7-6-4-2-1-3-5-6;/h2*7H,2-6H2;2*1-5,7H;/p-2. The van der Waals surface area contributed by atoms with Gasteiger partial charge in [-0.2, -0.15) is 9.79 Å². The van der Waals surface area contributed by atoms with E-state index in [4.69, 9.17) is 38.4 Å². The Bertz CT molecular complexity index is 664. The SMILES string of the molecule is [C-]#[N+]C1CCCCC1.[C-]#[N+]C1CCCCC1.[Pd].[S-]c1ccccc1.[S-]c1ccccc1. The molecule has 31 heavy (non-hydrogen) atoms. The molecule has 2 saturated carbocycles. The zero-order valence-electron chi connectivity index (χ0n) is 18.0. The Hall–Kier alpha value is -1.48. The van der Waals surface area contributed by atoms with Crippen molar-refractivity contribution in [3.8, 4) is 0 Å². The topological polar surface area (TPSA) is 8.72 Å². The number of hydrogen-bond acceptors (Lipinski definition) is 2. The largest absolute Gasteiger partial charge is 0.780 e. The van der Waals surface area contributed by atoms with Gasteiger partial charge in [0.1, 0.15) is 0 Å². The third-order valence-corrected chi connectivity index (χ3v) is 5.55. The summed E-state index contributed by atoms with van der Waals surface area (Å²) in [5.41, 5.74) is 0. The van der Waals surface area contributed by atoms with Crippen molar-refractivity contribution in [1.29, 1.82) is 0 Å². The van der Waals surface area contributed by atoms with Gasteiger partial charge in [-0.3, -0.25) is 0 Å². The van der Waals surface area contributed by atoms with Crippen molar-refractivity contribution in [3.63, 3.8) is 0 Å². The van der Waals surface area contributed by atoms with Crippen LogP contribution in [-0.4, -0.2) is 12.1 Å². The van der Waals surface area contributed by atoms with Gasteiger partial charge in [-0.05, 0) is 25.7 Å². The molecule has 4 rings (SSSR count). The monoisotopic (exact) mass is 542 g/mol. The molecule has 0 heterocycles. The molecule has 2 aromatic carbocycles. The molecule has 0 amide bonds. The summed E-state index contributed by atoms with van der Waals surface area (Å²) in [5, 5.41) is 0. The minimum Gasteiger partial charge on any atom is -0.780 e. The Morgan fingerprint density at radius 3 is 1.00 bits per heavy atom. The molecular weight excluding hydrogens is 511 g/mol. The molecule has 0 unspecified atom stereocenters. The number of benzene rings is 2. The van der Waals surface area contributed by atoms with E-state index in [1.54, 1.807) is 0 Å². The summed E-state index contributed by atoms with van der Waals surface area (Å²) < 4.78 is 0. The van der Waals surface area contributed by atoms with Crippen LogP contribution in [0.15, 0.2) is 70.5 Å². The molecule has 2 aliphatic rings. The van der Waals surface area contributed by atoms with Gasteiger partial charge < -0.3 is 34.9 Å². The van der Waals surface area contributed by atoms with Gasteiger partial charge in [-0.15, -0.1) is 0 Å². The van der Waals surface area contributed by atoms with Crippen LogP contribution in [0.3, 0.4) is 0 Å². The molecule has 2 fully saturated rings. The Morgan fingerprint density at radius 2 is 0.839 bits per heavy atom. The average Bonchev–Trinajstić information content (AvgIpc) is 2.82. The van der Waals surface area contributed by atoms with Crippen LogP contribution in [0.1, 0.15) is 64.2 Å². The van der Waals surface area contributed by atoms with Crippen LogP contribution in [0.25, 0.3) is 9.69 Å². The van der Waals surface area contributed by atoms with E-state index in [2.05, 4.69) is 9.69 Å². The van der Waals surface area contributed by atoms with E-state index in [0.29, 0.717) is 12.1 Å². The number of rotatable bonds is 0. The van der Waals surface area contributed by atoms with Crippen molar-refractivity contribution < 1.29 is 20.4 Å². The van der Waals surface area contributed by atoms with Crippen molar-refractivity contribution in [2.75, 3.05) is 0 Å². The quantitative estimate of drug-likeness (QED) is 0.192. The third kappa shape index (κ3) is 16.8.